The molecule has 0 aliphatic heterocycles. The number of rotatable bonds is 5. The minimum absolute atomic E-state index is 0.132. The Morgan fingerprint density at radius 3 is 2.35 bits per heavy atom. The monoisotopic (exact) mass is 241 g/mol. The molecule has 17 heavy (non-hydrogen) atoms. The maximum absolute atomic E-state index is 11.5. The van der Waals surface area contributed by atoms with Crippen LogP contribution in [0.2, 0.25) is 0 Å². The van der Waals surface area contributed by atoms with Gasteiger partial charge in [0.05, 0.1) is 6.61 Å². The highest BCUT2D eigenvalue weighted by Crippen LogP contribution is 2.25. The van der Waals surface area contributed by atoms with E-state index in [0.717, 1.165) is 5.92 Å². The van der Waals surface area contributed by atoms with E-state index in [-0.39, 0.29) is 12.0 Å². The Morgan fingerprint density at radius 1 is 1.24 bits per heavy atom. The molecule has 0 aromatic carbocycles. The van der Waals surface area contributed by atoms with E-state index in [9.17, 15) is 4.79 Å². The number of hydrogen-bond donors (Lipinski definition) is 1. The SMILES string of the molecule is CCOC(=O)C(C)N[C@H](C)C1CCCCCC1. The molecule has 0 heterocycles. The average molecular weight is 241 g/mol. The van der Waals surface area contributed by atoms with Crippen molar-refractivity contribution in [1.29, 1.82) is 0 Å². The van der Waals surface area contributed by atoms with Gasteiger partial charge in [-0.3, -0.25) is 4.79 Å². The van der Waals surface area contributed by atoms with Crippen molar-refractivity contribution in [2.45, 2.75) is 71.4 Å². The normalized spacial score (nSPS) is 21.6. The second-order valence-electron chi connectivity index (χ2n) is 5.18. The van der Waals surface area contributed by atoms with Crippen molar-refractivity contribution in [3.63, 3.8) is 0 Å². The zero-order valence-electron chi connectivity index (χ0n) is 11.5. The third kappa shape index (κ3) is 5.07. The third-order valence-corrected chi connectivity index (χ3v) is 3.76. The molecule has 1 aliphatic rings. The minimum atomic E-state index is -0.187. The number of ether oxygens (including phenoxy) is 1. The Morgan fingerprint density at radius 2 is 1.82 bits per heavy atom. The van der Waals surface area contributed by atoms with Gasteiger partial charge in [0.15, 0.2) is 0 Å². The molecule has 100 valence electrons. The third-order valence-electron chi connectivity index (χ3n) is 3.76. The van der Waals surface area contributed by atoms with Gasteiger partial charge < -0.3 is 10.1 Å². The summed E-state index contributed by atoms with van der Waals surface area (Å²) in [5.41, 5.74) is 0. The molecule has 0 spiro atoms. The summed E-state index contributed by atoms with van der Waals surface area (Å²) in [4.78, 5) is 11.5. The van der Waals surface area contributed by atoms with Crippen molar-refractivity contribution in [2.75, 3.05) is 6.61 Å². The molecular weight excluding hydrogens is 214 g/mol. The lowest BCUT2D eigenvalue weighted by molar-refractivity contribution is -0.145. The van der Waals surface area contributed by atoms with Gasteiger partial charge in [-0.25, -0.2) is 0 Å². The molecule has 1 fully saturated rings. The van der Waals surface area contributed by atoms with Crippen LogP contribution >= 0.6 is 0 Å². The van der Waals surface area contributed by atoms with E-state index < -0.39 is 0 Å². The fourth-order valence-corrected chi connectivity index (χ4v) is 2.68. The lowest BCUT2D eigenvalue weighted by atomic mass is 9.92. The van der Waals surface area contributed by atoms with Crippen LogP contribution in [0, 0.1) is 5.92 Å². The summed E-state index contributed by atoms with van der Waals surface area (Å²) in [7, 11) is 0. The predicted molar refractivity (Wildman–Crippen MR) is 69.9 cm³/mol. The van der Waals surface area contributed by atoms with Gasteiger partial charge in [-0.2, -0.15) is 0 Å². The maximum atomic E-state index is 11.5. The summed E-state index contributed by atoms with van der Waals surface area (Å²) in [5, 5.41) is 3.39. The summed E-state index contributed by atoms with van der Waals surface area (Å²) in [6.07, 6.45) is 8.01. The first-order valence-electron chi connectivity index (χ1n) is 7.07. The molecule has 2 atom stereocenters. The molecule has 1 rings (SSSR count). The number of nitrogens with one attached hydrogen (secondary N) is 1. The second-order valence-corrected chi connectivity index (χ2v) is 5.18. The topological polar surface area (TPSA) is 38.3 Å². The summed E-state index contributed by atoms with van der Waals surface area (Å²) >= 11 is 0. The Bertz CT molecular complexity index is 222. The Hall–Kier alpha value is -0.570. The van der Waals surface area contributed by atoms with Gasteiger partial charge in [0.1, 0.15) is 6.04 Å². The Labute approximate surface area is 105 Å². The van der Waals surface area contributed by atoms with E-state index in [4.69, 9.17) is 4.74 Å². The van der Waals surface area contributed by atoms with E-state index in [1.54, 1.807) is 0 Å². The lowest BCUT2D eigenvalue weighted by Gasteiger charge is -2.26. The van der Waals surface area contributed by atoms with E-state index >= 15 is 0 Å². The molecule has 3 heteroatoms. The Balaban J connectivity index is 2.35. The van der Waals surface area contributed by atoms with Crippen molar-refractivity contribution in [3.05, 3.63) is 0 Å². The molecule has 0 bridgehead atoms. The van der Waals surface area contributed by atoms with Crippen LogP contribution in [0.4, 0.5) is 0 Å². The molecule has 1 aliphatic carbocycles. The average Bonchev–Trinajstić information content (AvgIpc) is 2.57. The quantitative estimate of drug-likeness (QED) is 0.594. The highest BCUT2D eigenvalue weighted by molar-refractivity contribution is 5.75. The largest absolute Gasteiger partial charge is 0.465 e. The maximum Gasteiger partial charge on any atom is 0.322 e. The van der Waals surface area contributed by atoms with Crippen molar-refractivity contribution >= 4 is 5.97 Å². The van der Waals surface area contributed by atoms with Crippen molar-refractivity contribution in [3.8, 4) is 0 Å². The molecule has 0 radical (unpaired) electrons. The van der Waals surface area contributed by atoms with Crippen LogP contribution in [0.25, 0.3) is 0 Å². The predicted octanol–water partition coefficient (Wildman–Crippen LogP) is 2.89. The fraction of sp³-hybridized carbons (Fsp3) is 0.929. The van der Waals surface area contributed by atoms with Gasteiger partial charge in [-0.1, -0.05) is 25.7 Å². The zero-order chi connectivity index (χ0) is 12.7. The number of carbonyl (C=O) groups excluding carboxylic acids is 1. The number of esters is 1. The highest BCUT2D eigenvalue weighted by Gasteiger charge is 2.23. The highest BCUT2D eigenvalue weighted by atomic mass is 16.5. The van der Waals surface area contributed by atoms with E-state index in [1.807, 2.05) is 13.8 Å². The standard InChI is InChI=1S/C14H27NO2/c1-4-17-14(16)12(3)15-11(2)13-9-7-5-6-8-10-13/h11-13,15H,4-10H2,1-3H3/t11-,12?/m1/s1. The van der Waals surface area contributed by atoms with Crippen LogP contribution in [-0.2, 0) is 9.53 Å². The van der Waals surface area contributed by atoms with Gasteiger partial charge >= 0.3 is 5.97 Å². The fourth-order valence-electron chi connectivity index (χ4n) is 2.68. The van der Waals surface area contributed by atoms with E-state index in [1.165, 1.54) is 38.5 Å². The zero-order valence-corrected chi connectivity index (χ0v) is 11.5. The van der Waals surface area contributed by atoms with Gasteiger partial charge in [0, 0.05) is 6.04 Å². The Kier molecular flexibility index (Phi) is 6.56. The van der Waals surface area contributed by atoms with Crippen molar-refractivity contribution < 1.29 is 9.53 Å². The van der Waals surface area contributed by atoms with E-state index in [0.29, 0.717) is 12.6 Å². The summed E-state index contributed by atoms with van der Waals surface area (Å²) in [5.74, 6) is 0.586. The molecule has 0 aromatic heterocycles. The van der Waals surface area contributed by atoms with Crippen LogP contribution < -0.4 is 5.32 Å². The molecule has 3 nitrogen and oxygen atoms in total. The first-order chi connectivity index (χ1) is 8.15. The van der Waals surface area contributed by atoms with Crippen LogP contribution in [0.5, 0.6) is 0 Å². The summed E-state index contributed by atoms with van der Waals surface area (Å²) < 4.78 is 5.02. The van der Waals surface area contributed by atoms with Crippen LogP contribution in [0.1, 0.15) is 59.3 Å². The minimum Gasteiger partial charge on any atom is -0.465 e. The smallest absolute Gasteiger partial charge is 0.322 e. The van der Waals surface area contributed by atoms with Gasteiger partial charge in [-0.05, 0) is 39.5 Å². The van der Waals surface area contributed by atoms with Gasteiger partial charge in [0.2, 0.25) is 0 Å². The summed E-state index contributed by atoms with van der Waals surface area (Å²) in [6, 6.07) is 0.223. The first-order valence-corrected chi connectivity index (χ1v) is 7.07. The van der Waals surface area contributed by atoms with Crippen LogP contribution in [-0.4, -0.2) is 24.7 Å². The molecule has 1 saturated carbocycles. The molecule has 0 saturated heterocycles. The number of hydrogen-bond acceptors (Lipinski definition) is 3. The molecule has 1 unspecified atom stereocenters. The van der Waals surface area contributed by atoms with Crippen LogP contribution in [0.15, 0.2) is 0 Å². The first kappa shape index (κ1) is 14.5. The molecule has 0 aromatic rings. The van der Waals surface area contributed by atoms with Gasteiger partial charge in [-0.15, -0.1) is 0 Å². The number of carbonyl (C=O) groups is 1. The van der Waals surface area contributed by atoms with E-state index in [2.05, 4.69) is 12.2 Å². The molecule has 1 N–H and O–H groups in total. The van der Waals surface area contributed by atoms with Crippen molar-refractivity contribution in [1.82, 2.24) is 5.32 Å². The van der Waals surface area contributed by atoms with Crippen molar-refractivity contribution in [2.24, 2.45) is 5.92 Å². The second kappa shape index (κ2) is 7.70. The van der Waals surface area contributed by atoms with Crippen LogP contribution in [0.3, 0.4) is 0 Å². The summed E-state index contributed by atoms with van der Waals surface area (Å²) in [6.45, 7) is 6.40. The molecular formula is C14H27NO2. The lowest BCUT2D eigenvalue weighted by Crippen LogP contribution is -2.44. The molecule has 0 amide bonds. The van der Waals surface area contributed by atoms with Gasteiger partial charge in [0.25, 0.3) is 0 Å².